The van der Waals surface area contributed by atoms with Gasteiger partial charge in [-0.3, -0.25) is 0 Å². The van der Waals surface area contributed by atoms with Crippen molar-refractivity contribution in [3.8, 4) is 0 Å². The minimum absolute atomic E-state index is 0.267. The summed E-state index contributed by atoms with van der Waals surface area (Å²) in [5, 5.41) is 10.0. The molecule has 0 radical (unpaired) electrons. The van der Waals surface area contributed by atoms with Crippen LogP contribution < -0.4 is 4.90 Å². The lowest BCUT2D eigenvalue weighted by Crippen LogP contribution is -2.46. The summed E-state index contributed by atoms with van der Waals surface area (Å²) in [7, 11) is 0. The van der Waals surface area contributed by atoms with Crippen LogP contribution in [-0.2, 0) is 0 Å². The molecule has 5 heteroatoms. The molecule has 2 aliphatic heterocycles. The highest BCUT2D eigenvalue weighted by molar-refractivity contribution is 5.39. The first-order chi connectivity index (χ1) is 12.3. The van der Waals surface area contributed by atoms with Crippen LogP contribution in [0.5, 0.6) is 0 Å². The average Bonchev–Trinajstić information content (AvgIpc) is 3.04. The zero-order valence-electron chi connectivity index (χ0n) is 15.3. The predicted octanol–water partition coefficient (Wildman–Crippen LogP) is 2.57. The number of hydrogen-bond acceptors (Lipinski definition) is 5. The molecular formula is C20H32N4O. The molecular weight excluding hydrogens is 312 g/mol. The number of nitrogens with zero attached hydrogens (tertiary/aromatic N) is 4. The van der Waals surface area contributed by atoms with Crippen LogP contribution in [0.15, 0.2) is 18.6 Å². The van der Waals surface area contributed by atoms with E-state index in [1.807, 2.05) is 12.3 Å². The largest absolute Gasteiger partial charge is 0.396 e. The fourth-order valence-corrected chi connectivity index (χ4v) is 5.41. The smallest absolute Gasteiger partial charge is 0.131 e. The normalized spacial score (nSPS) is 27.9. The van der Waals surface area contributed by atoms with Gasteiger partial charge in [-0.1, -0.05) is 19.3 Å². The molecule has 2 saturated heterocycles. The van der Waals surface area contributed by atoms with Gasteiger partial charge in [0.2, 0.25) is 0 Å². The molecule has 3 aliphatic rings. The third kappa shape index (κ3) is 3.68. The molecule has 0 aromatic carbocycles. The Morgan fingerprint density at radius 1 is 1.16 bits per heavy atom. The van der Waals surface area contributed by atoms with Gasteiger partial charge in [0, 0.05) is 38.4 Å². The summed E-state index contributed by atoms with van der Waals surface area (Å²) in [6.07, 6.45) is 13.0. The molecule has 1 atom stereocenters. The summed E-state index contributed by atoms with van der Waals surface area (Å²) in [6.45, 7) is 5.96. The summed E-state index contributed by atoms with van der Waals surface area (Å²) in [6, 6.07) is 1.99. The van der Waals surface area contributed by atoms with Gasteiger partial charge in [-0.2, -0.15) is 0 Å². The van der Waals surface area contributed by atoms with Crippen molar-refractivity contribution in [3.63, 3.8) is 0 Å². The van der Waals surface area contributed by atoms with Gasteiger partial charge in [0.05, 0.1) is 0 Å². The van der Waals surface area contributed by atoms with Crippen molar-refractivity contribution in [2.45, 2.75) is 44.9 Å². The Morgan fingerprint density at radius 2 is 1.96 bits per heavy atom. The number of aliphatic hydroxyl groups excluding tert-OH is 1. The fraction of sp³-hybridized carbons (Fsp3) is 0.800. The highest BCUT2D eigenvalue weighted by Crippen LogP contribution is 2.45. The van der Waals surface area contributed by atoms with E-state index in [1.165, 1.54) is 64.6 Å². The quantitative estimate of drug-likeness (QED) is 0.910. The van der Waals surface area contributed by atoms with Crippen LogP contribution in [0.2, 0.25) is 0 Å². The maximum atomic E-state index is 10.0. The van der Waals surface area contributed by atoms with Crippen molar-refractivity contribution in [1.82, 2.24) is 14.9 Å². The van der Waals surface area contributed by atoms with Gasteiger partial charge < -0.3 is 14.9 Å². The summed E-state index contributed by atoms with van der Waals surface area (Å²) in [4.78, 5) is 13.5. The Hall–Kier alpha value is -1.20. The monoisotopic (exact) mass is 344 g/mol. The second-order valence-electron chi connectivity index (χ2n) is 8.49. The molecule has 3 fully saturated rings. The number of rotatable bonds is 4. The van der Waals surface area contributed by atoms with E-state index >= 15 is 0 Å². The average molecular weight is 345 g/mol. The van der Waals surface area contributed by atoms with Crippen LogP contribution in [0.25, 0.3) is 0 Å². The van der Waals surface area contributed by atoms with Gasteiger partial charge in [0.25, 0.3) is 0 Å². The fourth-order valence-electron chi connectivity index (χ4n) is 5.41. The molecule has 3 heterocycles. The van der Waals surface area contributed by atoms with E-state index in [9.17, 15) is 5.11 Å². The van der Waals surface area contributed by atoms with E-state index in [4.69, 9.17) is 0 Å². The SMILES string of the molecule is OCC1CN(c2ccncn2)CC12CCN(CC1CCCCC1)CC2. The lowest BCUT2D eigenvalue weighted by Gasteiger charge is -2.43. The third-order valence-electron chi connectivity index (χ3n) is 7.02. The minimum atomic E-state index is 0.267. The van der Waals surface area contributed by atoms with Crippen molar-refractivity contribution in [3.05, 3.63) is 18.6 Å². The van der Waals surface area contributed by atoms with E-state index in [1.54, 1.807) is 6.33 Å². The molecule has 4 rings (SSSR count). The Labute approximate surface area is 151 Å². The van der Waals surface area contributed by atoms with E-state index < -0.39 is 0 Å². The Morgan fingerprint density at radius 3 is 2.64 bits per heavy atom. The predicted molar refractivity (Wildman–Crippen MR) is 99.5 cm³/mol. The molecule has 1 spiro atoms. The highest BCUT2D eigenvalue weighted by atomic mass is 16.3. The van der Waals surface area contributed by atoms with Gasteiger partial charge in [-0.15, -0.1) is 0 Å². The van der Waals surface area contributed by atoms with Gasteiger partial charge in [0.15, 0.2) is 0 Å². The van der Waals surface area contributed by atoms with Crippen molar-refractivity contribution in [1.29, 1.82) is 0 Å². The molecule has 0 amide bonds. The summed E-state index contributed by atoms with van der Waals surface area (Å²) < 4.78 is 0. The Balaban J connectivity index is 1.37. The number of anilines is 1. The Kier molecular flexibility index (Phi) is 5.23. The lowest BCUT2D eigenvalue weighted by atomic mass is 9.71. The topological polar surface area (TPSA) is 52.5 Å². The first-order valence-electron chi connectivity index (χ1n) is 10.1. The van der Waals surface area contributed by atoms with Crippen LogP contribution >= 0.6 is 0 Å². The molecule has 138 valence electrons. The summed E-state index contributed by atoms with van der Waals surface area (Å²) in [5.41, 5.74) is 0.267. The number of aliphatic hydroxyl groups is 1. The standard InChI is InChI=1S/C20H32N4O/c25-14-18-13-24(19-6-9-21-16-22-19)15-20(18)7-10-23(11-8-20)12-17-4-2-1-3-5-17/h6,9,16-18,25H,1-5,7-8,10-15H2. The maximum Gasteiger partial charge on any atom is 0.131 e. The lowest BCUT2D eigenvalue weighted by molar-refractivity contribution is 0.0447. The van der Waals surface area contributed by atoms with Crippen molar-refractivity contribution in [2.24, 2.45) is 17.3 Å². The molecule has 1 aromatic heterocycles. The number of aromatic nitrogens is 2. The summed E-state index contributed by atoms with van der Waals surface area (Å²) in [5.74, 6) is 2.31. The first kappa shape index (κ1) is 17.2. The van der Waals surface area contributed by atoms with Crippen LogP contribution in [0.3, 0.4) is 0 Å². The van der Waals surface area contributed by atoms with E-state index in [-0.39, 0.29) is 5.41 Å². The van der Waals surface area contributed by atoms with Crippen LogP contribution in [0.4, 0.5) is 5.82 Å². The second kappa shape index (κ2) is 7.58. The Bertz CT molecular complexity index is 538. The second-order valence-corrected chi connectivity index (χ2v) is 8.49. The molecule has 1 aliphatic carbocycles. The van der Waals surface area contributed by atoms with Gasteiger partial charge in [0.1, 0.15) is 12.1 Å². The maximum absolute atomic E-state index is 10.0. The van der Waals surface area contributed by atoms with E-state index in [0.717, 1.165) is 24.8 Å². The molecule has 25 heavy (non-hydrogen) atoms. The van der Waals surface area contributed by atoms with Crippen molar-refractivity contribution in [2.75, 3.05) is 44.2 Å². The van der Waals surface area contributed by atoms with Gasteiger partial charge in [-0.25, -0.2) is 9.97 Å². The molecule has 1 aromatic rings. The van der Waals surface area contributed by atoms with Crippen LogP contribution in [0.1, 0.15) is 44.9 Å². The van der Waals surface area contributed by atoms with Crippen LogP contribution in [-0.4, -0.2) is 59.3 Å². The summed E-state index contributed by atoms with van der Waals surface area (Å²) >= 11 is 0. The van der Waals surface area contributed by atoms with Gasteiger partial charge >= 0.3 is 0 Å². The molecule has 1 N–H and O–H groups in total. The number of piperidine rings is 1. The zero-order chi connectivity index (χ0) is 17.1. The van der Waals surface area contributed by atoms with Crippen LogP contribution in [0, 0.1) is 17.3 Å². The molecule has 0 bridgehead atoms. The van der Waals surface area contributed by atoms with E-state index in [0.29, 0.717) is 12.5 Å². The number of hydrogen-bond donors (Lipinski definition) is 1. The highest BCUT2D eigenvalue weighted by Gasteiger charge is 2.48. The molecule has 5 nitrogen and oxygen atoms in total. The third-order valence-corrected chi connectivity index (χ3v) is 7.02. The van der Waals surface area contributed by atoms with Crippen molar-refractivity contribution >= 4 is 5.82 Å². The van der Waals surface area contributed by atoms with Gasteiger partial charge in [-0.05, 0) is 56.2 Å². The van der Waals surface area contributed by atoms with Crippen molar-refractivity contribution < 1.29 is 5.11 Å². The minimum Gasteiger partial charge on any atom is -0.396 e. The van der Waals surface area contributed by atoms with E-state index in [2.05, 4.69) is 19.8 Å². The first-order valence-corrected chi connectivity index (χ1v) is 10.1. The number of likely N-dealkylation sites (tertiary alicyclic amines) is 1. The zero-order valence-corrected chi connectivity index (χ0v) is 15.3. The molecule has 1 unspecified atom stereocenters. The molecule has 1 saturated carbocycles.